The normalized spacial score (nSPS) is 17.4. The van der Waals surface area contributed by atoms with Gasteiger partial charge in [0, 0.05) is 18.0 Å². The Bertz CT molecular complexity index is 469. The third-order valence-corrected chi connectivity index (χ3v) is 2.36. The van der Waals surface area contributed by atoms with E-state index >= 15 is 0 Å². The van der Waals surface area contributed by atoms with Crippen molar-refractivity contribution < 1.29 is 0 Å². The number of para-hydroxylation sites is 2. The van der Waals surface area contributed by atoms with Crippen LogP contribution in [0.15, 0.2) is 45.5 Å². The average molecular weight is 183 g/mol. The van der Waals surface area contributed by atoms with Crippen LogP contribution in [0.2, 0.25) is 0 Å². The van der Waals surface area contributed by atoms with Crippen LogP contribution in [0.4, 0.5) is 11.4 Å². The number of benzene rings is 1. The molecule has 3 heteroatoms. The fourth-order valence-corrected chi connectivity index (χ4v) is 1.61. The lowest BCUT2D eigenvalue weighted by Crippen LogP contribution is -2.00. The van der Waals surface area contributed by atoms with Gasteiger partial charge in [0.1, 0.15) is 0 Å². The summed E-state index contributed by atoms with van der Waals surface area (Å²) in [5, 5.41) is 3.33. The maximum atomic E-state index is 4.40. The van der Waals surface area contributed by atoms with E-state index in [-0.39, 0.29) is 0 Å². The lowest BCUT2D eigenvalue weighted by atomic mass is 10.2. The molecule has 0 amide bonds. The highest BCUT2D eigenvalue weighted by molar-refractivity contribution is 6.00. The van der Waals surface area contributed by atoms with Crippen LogP contribution in [0.25, 0.3) is 0 Å². The highest BCUT2D eigenvalue weighted by atomic mass is 15.0. The van der Waals surface area contributed by atoms with E-state index in [0.717, 1.165) is 29.2 Å². The van der Waals surface area contributed by atoms with E-state index in [2.05, 4.69) is 15.3 Å². The Morgan fingerprint density at radius 1 is 1.14 bits per heavy atom. The molecule has 0 spiro atoms. The summed E-state index contributed by atoms with van der Waals surface area (Å²) in [6.07, 6.45) is 3.75. The number of allylic oxidation sites excluding steroid dienone is 1. The van der Waals surface area contributed by atoms with Gasteiger partial charge in [-0.3, -0.25) is 9.98 Å². The van der Waals surface area contributed by atoms with Gasteiger partial charge in [0.2, 0.25) is 0 Å². The SMILES string of the molecule is C1=NCC2=C1Nc1ccccc1N=C2. The lowest BCUT2D eigenvalue weighted by molar-refractivity contribution is 1.25. The first kappa shape index (κ1) is 7.50. The molecule has 0 radical (unpaired) electrons. The van der Waals surface area contributed by atoms with Gasteiger partial charge in [0.05, 0.1) is 23.6 Å². The molecule has 3 nitrogen and oxygen atoms in total. The van der Waals surface area contributed by atoms with Crippen molar-refractivity contribution in [2.75, 3.05) is 11.9 Å². The number of hydrogen-bond donors (Lipinski definition) is 1. The van der Waals surface area contributed by atoms with E-state index in [4.69, 9.17) is 0 Å². The first-order valence-corrected chi connectivity index (χ1v) is 4.56. The van der Waals surface area contributed by atoms with Crippen molar-refractivity contribution >= 4 is 23.8 Å². The highest BCUT2D eigenvalue weighted by Crippen LogP contribution is 2.28. The molecule has 1 N–H and O–H groups in total. The lowest BCUT2D eigenvalue weighted by Gasteiger charge is -2.05. The summed E-state index contributed by atoms with van der Waals surface area (Å²) in [5.74, 6) is 0. The molecule has 0 fully saturated rings. The molecule has 14 heavy (non-hydrogen) atoms. The molecule has 2 aliphatic rings. The zero-order valence-corrected chi connectivity index (χ0v) is 7.57. The molecular weight excluding hydrogens is 174 g/mol. The van der Waals surface area contributed by atoms with Crippen molar-refractivity contribution in [1.82, 2.24) is 0 Å². The smallest absolute Gasteiger partial charge is 0.0864 e. The van der Waals surface area contributed by atoms with Crippen LogP contribution in [0.3, 0.4) is 0 Å². The topological polar surface area (TPSA) is 36.8 Å². The monoisotopic (exact) mass is 183 g/mol. The van der Waals surface area contributed by atoms with E-state index in [1.165, 1.54) is 0 Å². The number of aliphatic imine (C=N–C) groups is 2. The largest absolute Gasteiger partial charge is 0.352 e. The molecule has 0 saturated heterocycles. The van der Waals surface area contributed by atoms with E-state index in [0.29, 0.717) is 0 Å². The van der Waals surface area contributed by atoms with Crippen LogP contribution < -0.4 is 5.32 Å². The van der Waals surface area contributed by atoms with Crippen molar-refractivity contribution in [3.05, 3.63) is 35.5 Å². The molecule has 3 rings (SSSR count). The summed E-state index contributed by atoms with van der Waals surface area (Å²) in [6, 6.07) is 8.01. The predicted octanol–water partition coefficient (Wildman–Crippen LogP) is 2.15. The Morgan fingerprint density at radius 2 is 2.07 bits per heavy atom. The molecule has 0 aliphatic carbocycles. The number of anilines is 1. The van der Waals surface area contributed by atoms with E-state index in [9.17, 15) is 0 Å². The van der Waals surface area contributed by atoms with Crippen LogP contribution in [0, 0.1) is 0 Å². The molecule has 0 aromatic heterocycles. The average Bonchev–Trinajstić information content (AvgIpc) is 2.58. The minimum Gasteiger partial charge on any atom is -0.352 e. The molecule has 1 aromatic carbocycles. The zero-order chi connectivity index (χ0) is 9.38. The summed E-state index contributed by atoms with van der Waals surface area (Å²) >= 11 is 0. The Hall–Kier alpha value is -1.90. The summed E-state index contributed by atoms with van der Waals surface area (Å²) in [6.45, 7) is 0.736. The number of nitrogens with one attached hydrogen (secondary N) is 1. The Kier molecular flexibility index (Phi) is 1.50. The van der Waals surface area contributed by atoms with Gasteiger partial charge in [-0.1, -0.05) is 12.1 Å². The second-order valence-electron chi connectivity index (χ2n) is 3.31. The van der Waals surface area contributed by atoms with Gasteiger partial charge in [-0.05, 0) is 12.1 Å². The minimum atomic E-state index is 0.736. The second-order valence-corrected chi connectivity index (χ2v) is 3.31. The Balaban J connectivity index is 2.12. The molecule has 0 unspecified atom stereocenters. The van der Waals surface area contributed by atoms with Crippen LogP contribution in [0.5, 0.6) is 0 Å². The van der Waals surface area contributed by atoms with Crippen LogP contribution in [0.1, 0.15) is 0 Å². The molecule has 2 aliphatic heterocycles. The second kappa shape index (κ2) is 2.80. The van der Waals surface area contributed by atoms with Crippen molar-refractivity contribution in [1.29, 1.82) is 0 Å². The quantitative estimate of drug-likeness (QED) is 0.657. The fourth-order valence-electron chi connectivity index (χ4n) is 1.61. The van der Waals surface area contributed by atoms with Gasteiger partial charge in [0.25, 0.3) is 0 Å². The molecule has 2 heterocycles. The molecule has 0 bridgehead atoms. The van der Waals surface area contributed by atoms with E-state index < -0.39 is 0 Å². The Labute approximate surface area is 81.9 Å². The number of rotatable bonds is 0. The molecule has 1 aromatic rings. The van der Waals surface area contributed by atoms with Crippen molar-refractivity contribution in [2.45, 2.75) is 0 Å². The molecule has 0 saturated carbocycles. The summed E-state index contributed by atoms with van der Waals surface area (Å²) < 4.78 is 0. The van der Waals surface area contributed by atoms with E-state index in [1.807, 2.05) is 36.7 Å². The predicted molar refractivity (Wildman–Crippen MR) is 58.6 cm³/mol. The zero-order valence-electron chi connectivity index (χ0n) is 7.57. The highest BCUT2D eigenvalue weighted by Gasteiger charge is 2.13. The first-order chi connectivity index (χ1) is 6.93. The molecular formula is C11H9N3. The molecule has 0 atom stereocenters. The minimum absolute atomic E-state index is 0.736. The molecule has 68 valence electrons. The fraction of sp³-hybridized carbons (Fsp3) is 0.0909. The van der Waals surface area contributed by atoms with Crippen LogP contribution in [-0.2, 0) is 0 Å². The third-order valence-electron chi connectivity index (χ3n) is 2.36. The maximum absolute atomic E-state index is 4.40. The van der Waals surface area contributed by atoms with Gasteiger partial charge in [0.15, 0.2) is 0 Å². The summed E-state index contributed by atoms with van der Waals surface area (Å²) in [7, 11) is 0. The van der Waals surface area contributed by atoms with Crippen molar-refractivity contribution in [3.8, 4) is 0 Å². The van der Waals surface area contributed by atoms with Gasteiger partial charge in [-0.15, -0.1) is 0 Å². The van der Waals surface area contributed by atoms with Crippen LogP contribution in [-0.4, -0.2) is 19.0 Å². The van der Waals surface area contributed by atoms with Crippen LogP contribution >= 0.6 is 0 Å². The van der Waals surface area contributed by atoms with Crippen molar-refractivity contribution in [2.24, 2.45) is 9.98 Å². The van der Waals surface area contributed by atoms with E-state index in [1.54, 1.807) is 0 Å². The Morgan fingerprint density at radius 3 is 3.07 bits per heavy atom. The third kappa shape index (κ3) is 1.06. The summed E-state index contributed by atoms with van der Waals surface area (Å²) in [4.78, 5) is 8.59. The number of hydrogen-bond acceptors (Lipinski definition) is 3. The number of nitrogens with zero attached hydrogens (tertiary/aromatic N) is 2. The first-order valence-electron chi connectivity index (χ1n) is 4.56. The van der Waals surface area contributed by atoms with Gasteiger partial charge in [-0.2, -0.15) is 0 Å². The maximum Gasteiger partial charge on any atom is 0.0864 e. The van der Waals surface area contributed by atoms with Gasteiger partial charge >= 0.3 is 0 Å². The number of fused-ring (bicyclic) bond motifs is 1. The standard InChI is InChI=1S/C11H9N3/c1-2-4-10-9(3-1)13-6-8-5-12-7-11(8)14-10/h1-4,6-7,14H,5H2. The summed E-state index contributed by atoms with van der Waals surface area (Å²) in [5.41, 5.74) is 4.25. The van der Waals surface area contributed by atoms with Crippen molar-refractivity contribution in [3.63, 3.8) is 0 Å². The van der Waals surface area contributed by atoms with Gasteiger partial charge in [-0.25, -0.2) is 0 Å². The van der Waals surface area contributed by atoms with Gasteiger partial charge < -0.3 is 5.32 Å².